The van der Waals surface area contributed by atoms with Gasteiger partial charge in [-0.1, -0.05) is 13.8 Å². The Morgan fingerprint density at radius 3 is 2.57 bits per heavy atom. The monoisotopic (exact) mass is 194 g/mol. The molecule has 1 atom stereocenters. The van der Waals surface area contributed by atoms with Crippen LogP contribution in [0.2, 0.25) is 0 Å². The lowest BCUT2D eigenvalue weighted by atomic mass is 10.1. The number of nitrogens with zero attached hydrogens (tertiary/aromatic N) is 2. The zero-order valence-corrected chi connectivity index (χ0v) is 9.21. The lowest BCUT2D eigenvalue weighted by molar-refractivity contribution is -0.133. The molecule has 3 heteroatoms. The normalized spacial score (nSPS) is 22.6. The van der Waals surface area contributed by atoms with Crippen LogP contribution in [-0.4, -0.2) is 23.9 Å². The molecular weight excluding hydrogens is 176 g/mol. The van der Waals surface area contributed by atoms with Crippen LogP contribution in [-0.2, 0) is 4.79 Å². The van der Waals surface area contributed by atoms with Crippen LogP contribution in [0.5, 0.6) is 0 Å². The van der Waals surface area contributed by atoms with Crippen molar-refractivity contribution < 1.29 is 4.79 Å². The van der Waals surface area contributed by atoms with E-state index in [1.807, 2.05) is 6.92 Å². The van der Waals surface area contributed by atoms with Crippen LogP contribution >= 0.6 is 0 Å². The Bertz CT molecular complexity index is 265. The van der Waals surface area contributed by atoms with Crippen LogP contribution < -0.4 is 0 Å². The predicted octanol–water partition coefficient (Wildman–Crippen LogP) is 1.79. The van der Waals surface area contributed by atoms with Gasteiger partial charge in [0.1, 0.15) is 0 Å². The van der Waals surface area contributed by atoms with Gasteiger partial charge in [0.25, 0.3) is 0 Å². The zero-order chi connectivity index (χ0) is 10.8. The predicted molar refractivity (Wildman–Crippen MR) is 54.4 cm³/mol. The number of carbonyl (C=O) groups is 1. The molecule has 0 aromatic carbocycles. The molecule has 0 N–H and O–H groups in total. The molecule has 1 amide bonds. The summed E-state index contributed by atoms with van der Waals surface area (Å²) in [6.07, 6.45) is 1.43. The molecule has 0 aromatic heterocycles. The van der Waals surface area contributed by atoms with E-state index in [1.54, 1.807) is 4.90 Å². The molecule has 0 aromatic rings. The first-order valence-electron chi connectivity index (χ1n) is 5.18. The van der Waals surface area contributed by atoms with Crippen molar-refractivity contribution in [3.8, 4) is 6.07 Å². The van der Waals surface area contributed by atoms with Crippen LogP contribution in [0.4, 0.5) is 0 Å². The Labute approximate surface area is 85.7 Å². The Morgan fingerprint density at radius 2 is 2.21 bits per heavy atom. The fraction of sp³-hybridized carbons (Fsp3) is 0.818. The van der Waals surface area contributed by atoms with Crippen molar-refractivity contribution in [3.05, 3.63) is 0 Å². The molecule has 1 saturated carbocycles. The van der Waals surface area contributed by atoms with Crippen LogP contribution in [0.3, 0.4) is 0 Å². The summed E-state index contributed by atoms with van der Waals surface area (Å²) in [5.41, 5.74) is 0.192. The molecule has 78 valence electrons. The summed E-state index contributed by atoms with van der Waals surface area (Å²) in [5, 5.41) is 8.46. The average molecular weight is 194 g/mol. The molecule has 1 aliphatic carbocycles. The highest BCUT2D eigenvalue weighted by molar-refractivity contribution is 5.82. The van der Waals surface area contributed by atoms with Crippen LogP contribution in [0.1, 0.15) is 33.6 Å². The summed E-state index contributed by atoms with van der Waals surface area (Å²) in [4.78, 5) is 13.7. The number of hydrogen-bond acceptors (Lipinski definition) is 2. The molecule has 0 heterocycles. The van der Waals surface area contributed by atoms with Gasteiger partial charge in [-0.2, -0.15) is 5.26 Å². The number of rotatable bonds is 4. The number of amides is 1. The molecule has 0 saturated heterocycles. The minimum atomic E-state index is 0.192. The maximum Gasteiger partial charge on any atom is 0.226 e. The summed E-state index contributed by atoms with van der Waals surface area (Å²) in [6.45, 7) is 7.50. The number of nitriles is 1. The Balaban J connectivity index is 2.46. The molecule has 0 spiro atoms. The number of hydrogen-bond donors (Lipinski definition) is 0. The van der Waals surface area contributed by atoms with Gasteiger partial charge in [-0.25, -0.2) is 0 Å². The highest BCUT2D eigenvalue weighted by Gasteiger charge is 2.51. The fourth-order valence-electron chi connectivity index (χ4n) is 1.72. The molecule has 0 bridgehead atoms. The maximum absolute atomic E-state index is 11.9. The van der Waals surface area contributed by atoms with E-state index in [1.165, 1.54) is 0 Å². The van der Waals surface area contributed by atoms with Crippen LogP contribution in [0.15, 0.2) is 0 Å². The van der Waals surface area contributed by atoms with Crippen LogP contribution in [0.25, 0.3) is 0 Å². The van der Waals surface area contributed by atoms with Gasteiger partial charge in [-0.3, -0.25) is 4.79 Å². The molecule has 1 rings (SSSR count). The van der Waals surface area contributed by atoms with Gasteiger partial charge in [0, 0.05) is 19.0 Å². The van der Waals surface area contributed by atoms with Gasteiger partial charge in [-0.15, -0.1) is 0 Å². The van der Waals surface area contributed by atoms with Crippen molar-refractivity contribution >= 4 is 5.91 Å². The van der Waals surface area contributed by atoms with E-state index >= 15 is 0 Å². The molecule has 0 radical (unpaired) electrons. The second-order valence-electron chi connectivity index (χ2n) is 4.57. The van der Waals surface area contributed by atoms with Gasteiger partial charge in [0.05, 0.1) is 12.5 Å². The van der Waals surface area contributed by atoms with E-state index in [9.17, 15) is 4.79 Å². The smallest absolute Gasteiger partial charge is 0.226 e. The third-order valence-corrected chi connectivity index (χ3v) is 3.00. The Morgan fingerprint density at radius 1 is 1.64 bits per heavy atom. The van der Waals surface area contributed by atoms with E-state index in [0.29, 0.717) is 19.5 Å². The SMILES string of the molecule is CCN(CCC#N)C(=O)C1CC1(C)C. The Hall–Kier alpha value is -1.04. The van der Waals surface area contributed by atoms with Gasteiger partial charge < -0.3 is 4.90 Å². The van der Waals surface area contributed by atoms with Gasteiger partial charge >= 0.3 is 0 Å². The summed E-state index contributed by atoms with van der Waals surface area (Å²) in [7, 11) is 0. The highest BCUT2D eigenvalue weighted by Crippen LogP contribution is 2.52. The second kappa shape index (κ2) is 4.00. The van der Waals surface area contributed by atoms with Crippen molar-refractivity contribution in [2.24, 2.45) is 11.3 Å². The number of carbonyl (C=O) groups excluding carboxylic acids is 1. The molecule has 0 aliphatic heterocycles. The quantitative estimate of drug-likeness (QED) is 0.685. The van der Waals surface area contributed by atoms with E-state index in [-0.39, 0.29) is 17.2 Å². The molecule has 14 heavy (non-hydrogen) atoms. The van der Waals surface area contributed by atoms with Crippen molar-refractivity contribution in [1.29, 1.82) is 5.26 Å². The molecule has 1 unspecified atom stereocenters. The fourth-order valence-corrected chi connectivity index (χ4v) is 1.72. The lowest BCUT2D eigenvalue weighted by Crippen LogP contribution is -2.33. The second-order valence-corrected chi connectivity index (χ2v) is 4.57. The summed E-state index contributed by atoms with van der Waals surface area (Å²) in [5.74, 6) is 0.425. The third kappa shape index (κ3) is 2.25. The summed E-state index contributed by atoms with van der Waals surface area (Å²) < 4.78 is 0. The minimum absolute atomic E-state index is 0.192. The van der Waals surface area contributed by atoms with Gasteiger partial charge in [0.2, 0.25) is 5.91 Å². The van der Waals surface area contributed by atoms with Crippen molar-refractivity contribution in [3.63, 3.8) is 0 Å². The van der Waals surface area contributed by atoms with Gasteiger partial charge in [-0.05, 0) is 18.8 Å². The van der Waals surface area contributed by atoms with Crippen molar-refractivity contribution in [2.45, 2.75) is 33.6 Å². The van der Waals surface area contributed by atoms with E-state index in [4.69, 9.17) is 5.26 Å². The first kappa shape index (κ1) is 11.0. The molecule has 1 fully saturated rings. The first-order valence-corrected chi connectivity index (χ1v) is 5.18. The molecule has 1 aliphatic rings. The topological polar surface area (TPSA) is 44.1 Å². The maximum atomic E-state index is 11.9. The summed E-state index contributed by atoms with van der Waals surface area (Å²) in [6, 6.07) is 2.07. The molecule has 3 nitrogen and oxygen atoms in total. The standard InChI is InChI=1S/C11H18N2O/c1-4-13(7-5-6-12)10(14)9-8-11(9,2)3/h9H,4-5,7-8H2,1-3H3. The van der Waals surface area contributed by atoms with Gasteiger partial charge in [0.15, 0.2) is 0 Å². The average Bonchev–Trinajstić information content (AvgIpc) is 2.76. The minimum Gasteiger partial charge on any atom is -0.342 e. The zero-order valence-electron chi connectivity index (χ0n) is 9.21. The largest absolute Gasteiger partial charge is 0.342 e. The van der Waals surface area contributed by atoms with Crippen LogP contribution in [0, 0.1) is 22.7 Å². The molecular formula is C11H18N2O. The van der Waals surface area contributed by atoms with Crippen molar-refractivity contribution in [2.75, 3.05) is 13.1 Å². The highest BCUT2D eigenvalue weighted by atomic mass is 16.2. The Kier molecular flexibility index (Phi) is 3.15. The van der Waals surface area contributed by atoms with Crippen molar-refractivity contribution in [1.82, 2.24) is 4.90 Å². The van der Waals surface area contributed by atoms with E-state index < -0.39 is 0 Å². The lowest BCUT2D eigenvalue weighted by Gasteiger charge is -2.20. The van der Waals surface area contributed by atoms with E-state index in [0.717, 1.165) is 6.42 Å². The third-order valence-electron chi connectivity index (χ3n) is 3.00. The first-order chi connectivity index (χ1) is 6.53. The van der Waals surface area contributed by atoms with E-state index in [2.05, 4.69) is 19.9 Å². The summed E-state index contributed by atoms with van der Waals surface area (Å²) >= 11 is 0.